The summed E-state index contributed by atoms with van der Waals surface area (Å²) in [6, 6.07) is 7.00. The zero-order valence-electron chi connectivity index (χ0n) is 20.7. The number of methoxy groups -OCH3 is 2. The number of rotatable bonds is 8. The van der Waals surface area contributed by atoms with Gasteiger partial charge in [-0.3, -0.25) is 0 Å². The average Bonchev–Trinajstić information content (AvgIpc) is 3.65. The van der Waals surface area contributed by atoms with Crippen molar-refractivity contribution in [3.05, 3.63) is 72.8 Å². The van der Waals surface area contributed by atoms with Crippen LogP contribution < -0.4 is 14.8 Å². The van der Waals surface area contributed by atoms with Gasteiger partial charge in [-0.15, -0.1) is 0 Å². The fourth-order valence-corrected chi connectivity index (χ4v) is 3.68. The van der Waals surface area contributed by atoms with Crippen LogP contribution in [0.25, 0.3) is 22.8 Å². The van der Waals surface area contributed by atoms with Crippen LogP contribution >= 0.6 is 0 Å². The summed E-state index contributed by atoms with van der Waals surface area (Å²) < 4.78 is 52.6. The highest BCUT2D eigenvalue weighted by molar-refractivity contribution is 5.93. The minimum atomic E-state index is -4.70. The third kappa shape index (κ3) is 5.22. The molecule has 16 heteroatoms. The second-order valence-electron chi connectivity index (χ2n) is 8.04. The molecule has 0 atom stereocenters. The van der Waals surface area contributed by atoms with Crippen LogP contribution in [0.15, 0.2) is 61.6 Å². The first-order valence-electron chi connectivity index (χ1n) is 11.3. The molecule has 13 nitrogen and oxygen atoms in total. The number of hydrogen-bond acceptors (Lipinski definition) is 10. The van der Waals surface area contributed by atoms with E-state index in [-0.39, 0.29) is 34.3 Å². The summed E-state index contributed by atoms with van der Waals surface area (Å²) in [7, 11) is 2.96. The molecular weight excluding hydrogens is 535 g/mol. The van der Waals surface area contributed by atoms with Gasteiger partial charge < -0.3 is 19.9 Å². The van der Waals surface area contributed by atoms with E-state index in [0.717, 1.165) is 16.9 Å². The number of nitrogens with one attached hydrogen (secondary N) is 1. The first kappa shape index (κ1) is 26.1. The molecule has 0 aliphatic carbocycles. The summed E-state index contributed by atoms with van der Waals surface area (Å²) in [5.41, 5.74) is -0.551. The Labute approximate surface area is 222 Å². The molecule has 0 bridgehead atoms. The van der Waals surface area contributed by atoms with E-state index in [1.54, 1.807) is 18.2 Å². The zero-order chi connectivity index (χ0) is 28.4. The van der Waals surface area contributed by atoms with Crippen LogP contribution in [0.1, 0.15) is 16.1 Å². The zero-order valence-corrected chi connectivity index (χ0v) is 20.7. The Bertz CT molecular complexity index is 1670. The van der Waals surface area contributed by atoms with E-state index < -0.39 is 17.8 Å². The molecule has 0 fully saturated rings. The Hall–Kier alpha value is -5.54. The van der Waals surface area contributed by atoms with E-state index in [4.69, 9.17) is 9.47 Å². The van der Waals surface area contributed by atoms with E-state index in [0.29, 0.717) is 17.2 Å². The van der Waals surface area contributed by atoms with E-state index >= 15 is 0 Å². The molecule has 2 N–H and O–H groups in total. The molecule has 5 rings (SSSR count). The summed E-state index contributed by atoms with van der Waals surface area (Å²) in [6.07, 6.45) is 1.51. The number of anilines is 2. The lowest BCUT2D eigenvalue weighted by atomic mass is 10.1. The normalized spacial score (nSPS) is 11.3. The van der Waals surface area contributed by atoms with Gasteiger partial charge in [0.05, 0.1) is 14.2 Å². The number of hydrogen-bond donors (Lipinski definition) is 2. The fraction of sp³-hybridized carbons (Fsp3) is 0.125. The van der Waals surface area contributed by atoms with Crippen LogP contribution in [0.4, 0.5) is 24.8 Å². The fourth-order valence-electron chi connectivity index (χ4n) is 3.68. The van der Waals surface area contributed by atoms with Crippen molar-refractivity contribution in [3.63, 3.8) is 0 Å². The van der Waals surface area contributed by atoms with Crippen molar-refractivity contribution in [2.45, 2.75) is 6.18 Å². The number of benzene rings is 1. The van der Waals surface area contributed by atoms with Crippen LogP contribution in [-0.2, 0) is 6.18 Å². The molecule has 4 heterocycles. The van der Waals surface area contributed by atoms with Crippen molar-refractivity contribution in [3.8, 4) is 34.3 Å². The quantitative estimate of drug-likeness (QED) is 0.288. The number of alkyl halides is 3. The summed E-state index contributed by atoms with van der Waals surface area (Å²) >= 11 is 0. The molecule has 0 saturated heterocycles. The molecule has 4 aromatic heterocycles. The second-order valence-corrected chi connectivity index (χ2v) is 8.04. The van der Waals surface area contributed by atoms with E-state index in [9.17, 15) is 23.1 Å². The molecule has 0 aliphatic rings. The van der Waals surface area contributed by atoms with Gasteiger partial charge in [0, 0.05) is 53.6 Å². The van der Waals surface area contributed by atoms with Gasteiger partial charge in [-0.2, -0.15) is 28.4 Å². The van der Waals surface area contributed by atoms with Gasteiger partial charge in [-0.25, -0.2) is 29.1 Å². The van der Waals surface area contributed by atoms with Gasteiger partial charge >= 0.3 is 12.1 Å². The first-order valence-corrected chi connectivity index (χ1v) is 11.3. The van der Waals surface area contributed by atoms with Gasteiger partial charge in [-0.1, -0.05) is 0 Å². The average molecular weight is 553 g/mol. The predicted molar refractivity (Wildman–Crippen MR) is 132 cm³/mol. The number of pyridine rings is 1. The molecule has 5 aromatic rings. The lowest BCUT2D eigenvalue weighted by molar-refractivity contribution is -0.141. The summed E-state index contributed by atoms with van der Waals surface area (Å²) in [6.45, 7) is 0. The molecule has 0 aliphatic heterocycles. The van der Waals surface area contributed by atoms with Crippen molar-refractivity contribution in [2.75, 3.05) is 19.5 Å². The van der Waals surface area contributed by atoms with Crippen molar-refractivity contribution >= 4 is 17.6 Å². The number of ether oxygens (including phenoxy) is 2. The Morgan fingerprint density at radius 3 is 2.35 bits per heavy atom. The molecule has 0 spiro atoms. The van der Waals surface area contributed by atoms with Gasteiger partial charge in [-0.05, 0) is 12.1 Å². The molecule has 0 unspecified atom stereocenters. The maximum absolute atomic E-state index is 13.3. The number of carboxylic acid groups (broad SMARTS) is 1. The van der Waals surface area contributed by atoms with Crippen molar-refractivity contribution < 1.29 is 32.5 Å². The van der Waals surface area contributed by atoms with Crippen LogP contribution in [0.3, 0.4) is 0 Å². The lowest BCUT2D eigenvalue weighted by Gasteiger charge is -2.14. The molecule has 1 aromatic carbocycles. The molecule has 0 saturated carbocycles. The van der Waals surface area contributed by atoms with Crippen molar-refractivity contribution in [1.82, 2.24) is 39.5 Å². The smallest absolute Gasteiger partial charge is 0.435 e. The van der Waals surface area contributed by atoms with Gasteiger partial charge in [0.2, 0.25) is 5.95 Å². The SMILES string of the molecule is COc1cc(Nc2ncc(-c3cnc(-n4cncn4)c(C(=O)O)c3)c(-n3ccc(C(F)(F)F)n3)n2)cc(OC)c1. The highest BCUT2D eigenvalue weighted by atomic mass is 19.4. The predicted octanol–water partition coefficient (Wildman–Crippen LogP) is 3.78. The number of aromatic carboxylic acids is 1. The highest BCUT2D eigenvalue weighted by Gasteiger charge is 2.34. The maximum Gasteiger partial charge on any atom is 0.435 e. The van der Waals surface area contributed by atoms with Crippen molar-refractivity contribution in [1.29, 1.82) is 0 Å². The first-order chi connectivity index (χ1) is 19.2. The minimum absolute atomic E-state index is 0.00349. The third-order valence-electron chi connectivity index (χ3n) is 5.52. The van der Waals surface area contributed by atoms with Gasteiger partial charge in [0.15, 0.2) is 17.3 Å². The number of nitrogens with zero attached hydrogens (tertiary/aromatic N) is 8. The largest absolute Gasteiger partial charge is 0.497 e. The van der Waals surface area contributed by atoms with E-state index in [2.05, 4.69) is 35.5 Å². The molecule has 204 valence electrons. The monoisotopic (exact) mass is 553 g/mol. The minimum Gasteiger partial charge on any atom is -0.497 e. The molecule has 0 amide bonds. The van der Waals surface area contributed by atoms with E-state index in [1.807, 2.05) is 0 Å². The number of aromatic nitrogens is 8. The second kappa shape index (κ2) is 10.3. The Morgan fingerprint density at radius 1 is 1.00 bits per heavy atom. The van der Waals surface area contributed by atoms with Crippen LogP contribution in [-0.4, -0.2) is 64.8 Å². The van der Waals surface area contributed by atoms with Gasteiger partial charge in [0.1, 0.15) is 29.7 Å². The highest BCUT2D eigenvalue weighted by Crippen LogP contribution is 2.32. The van der Waals surface area contributed by atoms with E-state index in [1.165, 1.54) is 50.0 Å². The molecule has 40 heavy (non-hydrogen) atoms. The lowest BCUT2D eigenvalue weighted by Crippen LogP contribution is -2.11. The summed E-state index contributed by atoms with van der Waals surface area (Å²) in [5, 5.41) is 20.3. The number of carboxylic acids is 1. The Morgan fingerprint density at radius 2 is 1.75 bits per heavy atom. The molecular formula is C24H18F3N9O4. The Kier molecular flexibility index (Phi) is 6.73. The Balaban J connectivity index is 1.63. The summed E-state index contributed by atoms with van der Waals surface area (Å²) in [4.78, 5) is 28.7. The summed E-state index contributed by atoms with van der Waals surface area (Å²) in [5.74, 6) is -0.454. The standard InChI is InChI=1S/C24H18F3N9O4/c1-39-15-6-14(7-16(8-15)40-2)32-23-30-10-18(21(33-23)35-4-3-19(34-35)24(25,26)27)13-5-17(22(37)38)20(29-9-13)36-12-28-11-31-36/h3-12H,1-2H3,(H,37,38)(H,30,32,33). The number of halogens is 3. The maximum atomic E-state index is 13.3. The van der Waals surface area contributed by atoms with Crippen molar-refractivity contribution in [2.24, 2.45) is 0 Å². The van der Waals surface area contributed by atoms with Crippen LogP contribution in [0.5, 0.6) is 11.5 Å². The number of carbonyl (C=O) groups is 1. The third-order valence-corrected chi connectivity index (χ3v) is 5.52. The topological polar surface area (TPSA) is 155 Å². The van der Waals surface area contributed by atoms with Crippen LogP contribution in [0, 0.1) is 0 Å². The van der Waals surface area contributed by atoms with Crippen LogP contribution in [0.2, 0.25) is 0 Å². The molecule has 0 radical (unpaired) electrons. The van der Waals surface area contributed by atoms with Gasteiger partial charge in [0.25, 0.3) is 0 Å².